The Morgan fingerprint density at radius 3 is 2.63 bits per heavy atom. The molecule has 1 aromatic carbocycles. The van der Waals surface area contributed by atoms with Gasteiger partial charge in [0.1, 0.15) is 22.8 Å². The first-order valence-electron chi connectivity index (χ1n) is 9.88. The third kappa shape index (κ3) is 4.31. The minimum absolute atomic E-state index is 0.0391. The second-order valence-electron chi connectivity index (χ2n) is 7.05. The maximum absolute atomic E-state index is 12.2. The molecule has 0 unspecified atom stereocenters. The monoisotopic (exact) mass is 417 g/mol. The molecule has 0 saturated carbocycles. The number of carbonyl (C=O) groups excluding carboxylic acids is 1. The number of hydrogen-bond donors (Lipinski definition) is 2. The smallest absolute Gasteiger partial charge is 0.225 e. The molecule has 152 valence electrons. The number of aromatic nitrogens is 3. The topological polar surface area (TPSA) is 79.8 Å². The van der Waals surface area contributed by atoms with Gasteiger partial charge in [-0.2, -0.15) is 0 Å². The summed E-state index contributed by atoms with van der Waals surface area (Å²) in [5.41, 5.74) is 3.28. The average molecular weight is 418 g/mol. The number of carbonyl (C=O) groups is 1. The highest BCUT2D eigenvalue weighted by Crippen LogP contribution is 2.40. The summed E-state index contributed by atoms with van der Waals surface area (Å²) in [6.45, 7) is 4.68. The Labute approximate surface area is 179 Å². The van der Waals surface area contributed by atoms with Crippen LogP contribution in [-0.2, 0) is 4.79 Å². The molecular weight excluding hydrogens is 394 g/mol. The highest BCUT2D eigenvalue weighted by molar-refractivity contribution is 7.19. The van der Waals surface area contributed by atoms with E-state index < -0.39 is 0 Å². The van der Waals surface area contributed by atoms with Crippen LogP contribution in [0.5, 0.6) is 0 Å². The molecule has 6 nitrogen and oxygen atoms in total. The molecule has 0 aliphatic heterocycles. The number of benzene rings is 1. The molecule has 3 aromatic heterocycles. The maximum atomic E-state index is 12.2. The van der Waals surface area contributed by atoms with E-state index in [2.05, 4.69) is 44.6 Å². The van der Waals surface area contributed by atoms with Gasteiger partial charge in [-0.05, 0) is 37.5 Å². The van der Waals surface area contributed by atoms with Gasteiger partial charge >= 0.3 is 0 Å². The van der Waals surface area contributed by atoms with Gasteiger partial charge < -0.3 is 10.6 Å². The van der Waals surface area contributed by atoms with Crippen LogP contribution in [0, 0.1) is 13.8 Å². The number of fused-ring (bicyclic) bond motifs is 1. The summed E-state index contributed by atoms with van der Waals surface area (Å²) < 4.78 is 0. The molecule has 0 aliphatic carbocycles. The molecule has 1 amide bonds. The molecule has 3 heterocycles. The second-order valence-corrected chi connectivity index (χ2v) is 8.25. The van der Waals surface area contributed by atoms with Crippen molar-refractivity contribution in [3.8, 4) is 11.1 Å². The largest absolute Gasteiger partial charge is 0.369 e. The predicted octanol–water partition coefficient (Wildman–Crippen LogP) is 5.20. The van der Waals surface area contributed by atoms with E-state index in [1.54, 1.807) is 23.9 Å². The minimum Gasteiger partial charge on any atom is -0.369 e. The van der Waals surface area contributed by atoms with Crippen molar-refractivity contribution in [2.45, 2.75) is 26.7 Å². The van der Waals surface area contributed by atoms with Crippen molar-refractivity contribution in [3.05, 3.63) is 65.4 Å². The molecule has 0 spiro atoms. The third-order valence-electron chi connectivity index (χ3n) is 4.87. The molecule has 4 aromatic rings. The van der Waals surface area contributed by atoms with Gasteiger partial charge in [-0.1, -0.05) is 36.4 Å². The quantitative estimate of drug-likeness (QED) is 0.404. The van der Waals surface area contributed by atoms with Crippen molar-refractivity contribution in [2.75, 3.05) is 17.2 Å². The van der Waals surface area contributed by atoms with E-state index in [1.165, 1.54) is 10.4 Å². The first-order chi connectivity index (χ1) is 14.6. The fraction of sp³-hybridized carbons (Fsp3) is 0.217. The maximum Gasteiger partial charge on any atom is 0.225 e. The lowest BCUT2D eigenvalue weighted by Crippen LogP contribution is -2.15. The predicted molar refractivity (Wildman–Crippen MR) is 123 cm³/mol. The first kappa shape index (κ1) is 20.0. The molecule has 30 heavy (non-hydrogen) atoms. The van der Waals surface area contributed by atoms with Crippen LogP contribution < -0.4 is 10.6 Å². The summed E-state index contributed by atoms with van der Waals surface area (Å²) in [5.74, 6) is 1.39. The molecule has 0 bridgehead atoms. The third-order valence-corrected chi connectivity index (χ3v) is 5.88. The number of aryl methyl sites for hydroxylation is 2. The molecule has 0 aliphatic rings. The summed E-state index contributed by atoms with van der Waals surface area (Å²) in [5, 5.41) is 7.31. The summed E-state index contributed by atoms with van der Waals surface area (Å²) in [6, 6.07) is 14.1. The van der Waals surface area contributed by atoms with E-state index in [0.29, 0.717) is 25.2 Å². The van der Waals surface area contributed by atoms with Crippen LogP contribution in [-0.4, -0.2) is 27.4 Å². The first-order valence-corrected chi connectivity index (χ1v) is 10.7. The van der Waals surface area contributed by atoms with Crippen LogP contribution >= 0.6 is 11.3 Å². The van der Waals surface area contributed by atoms with E-state index in [4.69, 9.17) is 0 Å². The molecular formula is C23H23N5OS. The highest BCUT2D eigenvalue weighted by Gasteiger charge is 2.16. The molecule has 0 atom stereocenters. The van der Waals surface area contributed by atoms with Crippen LogP contribution in [0.2, 0.25) is 0 Å². The number of rotatable bonds is 7. The second kappa shape index (κ2) is 9.00. The Bertz CT molecular complexity index is 1170. The zero-order chi connectivity index (χ0) is 20.9. The standard InChI is InChI=1S/C23H23N5OS/c1-15-8-6-12-24-21(15)28-18(29)11-7-13-25-22-20-19(17-9-4-3-5-10-17)16(2)30-23(20)27-14-26-22/h3-6,8-10,12,14H,7,11,13H2,1-2H3,(H,24,28,29)(H,25,26,27). The van der Waals surface area contributed by atoms with E-state index >= 15 is 0 Å². The number of amides is 1. The van der Waals surface area contributed by atoms with Crippen LogP contribution in [0.25, 0.3) is 21.3 Å². The Balaban J connectivity index is 1.43. The number of thiophene rings is 1. The van der Waals surface area contributed by atoms with Crippen LogP contribution in [0.15, 0.2) is 55.0 Å². The summed E-state index contributed by atoms with van der Waals surface area (Å²) in [4.78, 5) is 27.5. The molecule has 0 saturated heterocycles. The zero-order valence-electron chi connectivity index (χ0n) is 17.0. The Morgan fingerprint density at radius 2 is 1.83 bits per heavy atom. The number of anilines is 2. The number of nitrogens with one attached hydrogen (secondary N) is 2. The van der Waals surface area contributed by atoms with Crippen LogP contribution in [0.4, 0.5) is 11.6 Å². The Kier molecular flexibility index (Phi) is 5.99. The SMILES string of the molecule is Cc1cccnc1NC(=O)CCCNc1ncnc2sc(C)c(-c3ccccc3)c12. The van der Waals surface area contributed by atoms with E-state index in [1.807, 2.05) is 37.3 Å². The summed E-state index contributed by atoms with van der Waals surface area (Å²) in [6.07, 6.45) is 4.36. The molecule has 0 fully saturated rings. The fourth-order valence-electron chi connectivity index (χ4n) is 3.40. The van der Waals surface area contributed by atoms with Crippen molar-refractivity contribution in [2.24, 2.45) is 0 Å². The van der Waals surface area contributed by atoms with Crippen molar-refractivity contribution in [3.63, 3.8) is 0 Å². The average Bonchev–Trinajstić information content (AvgIpc) is 3.10. The Hall–Kier alpha value is -3.32. The molecule has 7 heteroatoms. The van der Waals surface area contributed by atoms with Crippen molar-refractivity contribution < 1.29 is 4.79 Å². The van der Waals surface area contributed by atoms with Gasteiger partial charge in [0.15, 0.2) is 0 Å². The van der Waals surface area contributed by atoms with Gasteiger partial charge in [0.2, 0.25) is 5.91 Å². The number of nitrogens with zero attached hydrogens (tertiary/aromatic N) is 3. The lowest BCUT2D eigenvalue weighted by atomic mass is 10.0. The molecule has 2 N–H and O–H groups in total. The number of pyridine rings is 1. The minimum atomic E-state index is -0.0391. The van der Waals surface area contributed by atoms with Crippen molar-refractivity contribution in [1.29, 1.82) is 0 Å². The van der Waals surface area contributed by atoms with Gasteiger partial charge in [0.25, 0.3) is 0 Å². The van der Waals surface area contributed by atoms with Gasteiger partial charge in [-0.15, -0.1) is 11.3 Å². The van der Waals surface area contributed by atoms with Crippen molar-refractivity contribution in [1.82, 2.24) is 15.0 Å². The van der Waals surface area contributed by atoms with Crippen LogP contribution in [0.3, 0.4) is 0 Å². The van der Waals surface area contributed by atoms with Crippen molar-refractivity contribution >= 4 is 39.1 Å². The van der Waals surface area contributed by atoms with Gasteiger partial charge in [0.05, 0.1) is 5.39 Å². The Morgan fingerprint density at radius 1 is 1.00 bits per heavy atom. The lowest BCUT2D eigenvalue weighted by molar-refractivity contribution is -0.116. The van der Waals surface area contributed by atoms with E-state index in [9.17, 15) is 4.79 Å². The van der Waals surface area contributed by atoms with E-state index in [-0.39, 0.29) is 5.91 Å². The van der Waals surface area contributed by atoms with Gasteiger partial charge in [-0.25, -0.2) is 15.0 Å². The van der Waals surface area contributed by atoms with Gasteiger partial charge in [0, 0.05) is 29.6 Å². The summed E-state index contributed by atoms with van der Waals surface area (Å²) >= 11 is 1.67. The zero-order valence-corrected chi connectivity index (χ0v) is 17.8. The van der Waals surface area contributed by atoms with Crippen LogP contribution in [0.1, 0.15) is 23.3 Å². The number of hydrogen-bond acceptors (Lipinski definition) is 6. The normalized spacial score (nSPS) is 10.9. The van der Waals surface area contributed by atoms with E-state index in [0.717, 1.165) is 27.2 Å². The molecule has 0 radical (unpaired) electrons. The summed E-state index contributed by atoms with van der Waals surface area (Å²) in [7, 11) is 0. The highest BCUT2D eigenvalue weighted by atomic mass is 32.1. The van der Waals surface area contributed by atoms with Gasteiger partial charge in [-0.3, -0.25) is 4.79 Å². The molecule has 4 rings (SSSR count). The fourth-order valence-corrected chi connectivity index (χ4v) is 4.41. The lowest BCUT2D eigenvalue weighted by Gasteiger charge is -2.10.